The van der Waals surface area contributed by atoms with Crippen LogP contribution >= 0.6 is 12.4 Å². The van der Waals surface area contributed by atoms with E-state index in [9.17, 15) is 9.59 Å². The Bertz CT molecular complexity index is 1610. The second-order valence-corrected chi connectivity index (χ2v) is 8.75. The molecule has 0 saturated heterocycles. The summed E-state index contributed by atoms with van der Waals surface area (Å²) in [5.74, 6) is 0.998. The number of carbonyl (C=O) groups is 1. The van der Waals surface area contributed by atoms with Crippen LogP contribution in [0.15, 0.2) is 53.3 Å². The maximum atomic E-state index is 14.2. The van der Waals surface area contributed by atoms with Gasteiger partial charge in [-0.3, -0.25) is 9.36 Å². The number of nitrogens with two attached hydrogens (primary N) is 1. The molecule has 0 radical (unpaired) electrons. The molecular weight excluding hydrogens is 568 g/mol. The number of rotatable bonds is 11. The lowest BCUT2D eigenvalue weighted by Crippen LogP contribution is -2.27. The molecule has 11 nitrogen and oxygen atoms in total. The lowest BCUT2D eigenvalue weighted by atomic mass is 9.95. The molecule has 224 valence electrons. The van der Waals surface area contributed by atoms with E-state index in [2.05, 4.69) is 0 Å². The maximum absolute atomic E-state index is 14.2. The van der Waals surface area contributed by atoms with Gasteiger partial charge in [-0.1, -0.05) is 0 Å². The van der Waals surface area contributed by atoms with E-state index in [-0.39, 0.29) is 30.1 Å². The Morgan fingerprint density at radius 1 is 0.762 bits per heavy atom. The number of hydrogen-bond donors (Lipinski definition) is 1. The number of fused-ring (bicyclic) bond motifs is 1. The number of methoxy groups -OCH3 is 6. The van der Waals surface area contributed by atoms with Gasteiger partial charge in [0, 0.05) is 29.4 Å². The number of halogens is 1. The van der Waals surface area contributed by atoms with E-state index in [0.29, 0.717) is 63.2 Å². The average Bonchev–Trinajstić information content (AvgIpc) is 3.00. The zero-order valence-electron chi connectivity index (χ0n) is 24.1. The highest BCUT2D eigenvalue weighted by molar-refractivity contribution is 6.08. The molecule has 4 rings (SSSR count). The third kappa shape index (κ3) is 5.88. The number of ether oxygens (including phenoxy) is 7. The molecule has 3 aromatic carbocycles. The Balaban J connectivity index is 0.00000484. The molecule has 2 N–H and O–H groups in total. The number of anilines is 1. The van der Waals surface area contributed by atoms with Crippen molar-refractivity contribution in [3.63, 3.8) is 0 Å². The van der Waals surface area contributed by atoms with Gasteiger partial charge in [0.15, 0.2) is 23.0 Å². The normalized spacial score (nSPS) is 10.5. The number of hydrogen-bond acceptors (Lipinski definition) is 10. The second kappa shape index (κ2) is 13.8. The van der Waals surface area contributed by atoms with Gasteiger partial charge in [-0.15, -0.1) is 12.4 Å². The van der Waals surface area contributed by atoms with Crippen LogP contribution < -0.4 is 35.0 Å². The van der Waals surface area contributed by atoms with Crippen LogP contribution in [-0.2, 0) is 9.47 Å². The molecule has 0 aliphatic heterocycles. The third-order valence-electron chi connectivity index (χ3n) is 6.50. The Morgan fingerprint density at radius 2 is 1.36 bits per heavy atom. The molecule has 0 atom stereocenters. The number of nitrogen functional groups attached to an aromatic ring is 1. The molecule has 12 heteroatoms. The van der Waals surface area contributed by atoms with E-state index in [0.717, 1.165) is 0 Å². The summed E-state index contributed by atoms with van der Waals surface area (Å²) < 4.78 is 39.8. The summed E-state index contributed by atoms with van der Waals surface area (Å²) in [6.07, 6.45) is 0. The lowest BCUT2D eigenvalue weighted by Gasteiger charge is -2.21. The second-order valence-electron chi connectivity index (χ2n) is 8.75. The highest BCUT2D eigenvalue weighted by atomic mass is 35.5. The van der Waals surface area contributed by atoms with Crippen molar-refractivity contribution in [1.82, 2.24) is 4.57 Å². The number of esters is 1. The summed E-state index contributed by atoms with van der Waals surface area (Å²) in [6, 6.07) is 13.2. The van der Waals surface area contributed by atoms with Gasteiger partial charge in [-0.2, -0.15) is 0 Å². The molecule has 0 bridgehead atoms. The quantitative estimate of drug-likeness (QED) is 0.149. The van der Waals surface area contributed by atoms with E-state index < -0.39 is 11.5 Å². The summed E-state index contributed by atoms with van der Waals surface area (Å²) in [5.41, 5.74) is 7.15. The average molecular weight is 601 g/mol. The van der Waals surface area contributed by atoms with Crippen LogP contribution in [0.4, 0.5) is 5.69 Å². The molecule has 0 fully saturated rings. The Kier molecular flexibility index (Phi) is 10.5. The molecule has 0 amide bonds. The SMILES string of the molecule is COCCOc1cc2c(=O)n(-c3ccc(N)cc3)c(C(=O)OC)c(-c3cc(OC)c(OC)c(OC)c3)c2cc1OC.Cl. The monoisotopic (exact) mass is 600 g/mol. The summed E-state index contributed by atoms with van der Waals surface area (Å²) in [7, 11) is 8.76. The van der Waals surface area contributed by atoms with Crippen LogP contribution in [0, 0.1) is 0 Å². The van der Waals surface area contributed by atoms with Crippen molar-refractivity contribution < 1.29 is 38.0 Å². The van der Waals surface area contributed by atoms with Crippen molar-refractivity contribution in [3.8, 4) is 45.6 Å². The van der Waals surface area contributed by atoms with Gasteiger partial charge in [-0.05, 0) is 54.1 Å². The van der Waals surface area contributed by atoms with Gasteiger partial charge in [0.05, 0.1) is 47.5 Å². The molecule has 1 heterocycles. The van der Waals surface area contributed by atoms with E-state index >= 15 is 0 Å². The summed E-state index contributed by atoms with van der Waals surface area (Å²) >= 11 is 0. The van der Waals surface area contributed by atoms with E-state index in [1.54, 1.807) is 55.6 Å². The van der Waals surface area contributed by atoms with Crippen molar-refractivity contribution >= 4 is 34.8 Å². The van der Waals surface area contributed by atoms with Crippen LogP contribution in [-0.4, -0.2) is 66.4 Å². The molecule has 42 heavy (non-hydrogen) atoms. The number of nitrogens with zero attached hydrogens (tertiary/aromatic N) is 1. The molecule has 0 unspecified atom stereocenters. The molecule has 0 saturated carbocycles. The number of aromatic nitrogens is 1. The van der Waals surface area contributed by atoms with Crippen LogP contribution in [0.5, 0.6) is 28.7 Å². The van der Waals surface area contributed by atoms with Crippen molar-refractivity contribution in [2.75, 3.05) is 61.6 Å². The van der Waals surface area contributed by atoms with Crippen LogP contribution in [0.25, 0.3) is 27.6 Å². The van der Waals surface area contributed by atoms with Gasteiger partial charge in [-0.25, -0.2) is 4.79 Å². The Morgan fingerprint density at radius 3 is 1.88 bits per heavy atom. The fourth-order valence-electron chi connectivity index (χ4n) is 4.59. The molecule has 0 aliphatic carbocycles. The lowest BCUT2D eigenvalue weighted by molar-refractivity contribution is 0.0591. The molecule has 1 aromatic heterocycles. The molecule has 0 spiro atoms. The minimum absolute atomic E-state index is 0. The third-order valence-corrected chi connectivity index (χ3v) is 6.50. The van der Waals surface area contributed by atoms with E-state index in [4.69, 9.17) is 38.9 Å². The highest BCUT2D eigenvalue weighted by Gasteiger charge is 2.28. The molecule has 0 aliphatic rings. The van der Waals surface area contributed by atoms with E-state index in [1.165, 1.54) is 40.1 Å². The molecule has 4 aromatic rings. The van der Waals surface area contributed by atoms with Crippen molar-refractivity contribution in [2.45, 2.75) is 0 Å². The fourth-order valence-corrected chi connectivity index (χ4v) is 4.59. The minimum atomic E-state index is -0.746. The Labute approximate surface area is 249 Å². The fraction of sp³-hybridized carbons (Fsp3) is 0.267. The largest absolute Gasteiger partial charge is 0.493 e. The van der Waals surface area contributed by atoms with Crippen molar-refractivity contribution in [1.29, 1.82) is 0 Å². The summed E-state index contributed by atoms with van der Waals surface area (Å²) in [5, 5.41) is 0.666. The van der Waals surface area contributed by atoms with Gasteiger partial charge in [0.1, 0.15) is 12.3 Å². The van der Waals surface area contributed by atoms with Gasteiger partial charge >= 0.3 is 5.97 Å². The topological polar surface area (TPSA) is 130 Å². The van der Waals surface area contributed by atoms with Crippen molar-refractivity contribution in [3.05, 3.63) is 64.6 Å². The summed E-state index contributed by atoms with van der Waals surface area (Å²) in [4.78, 5) is 27.7. The van der Waals surface area contributed by atoms with Crippen molar-refractivity contribution in [2.24, 2.45) is 0 Å². The Hall–Kier alpha value is -4.61. The zero-order valence-corrected chi connectivity index (χ0v) is 25.0. The first kappa shape index (κ1) is 31.9. The predicted octanol–water partition coefficient (Wildman–Crippen LogP) is 4.51. The minimum Gasteiger partial charge on any atom is -0.493 e. The van der Waals surface area contributed by atoms with Crippen LogP contribution in [0.2, 0.25) is 0 Å². The van der Waals surface area contributed by atoms with Crippen LogP contribution in [0.3, 0.4) is 0 Å². The first-order valence-corrected chi connectivity index (χ1v) is 12.5. The molecular formula is C30H33ClN2O9. The highest BCUT2D eigenvalue weighted by Crippen LogP contribution is 2.45. The number of pyridine rings is 1. The predicted molar refractivity (Wildman–Crippen MR) is 162 cm³/mol. The maximum Gasteiger partial charge on any atom is 0.355 e. The standard InChI is InChI=1S/C30H32N2O9.ClH/c1-35-11-12-41-23-16-21-20(15-22(23)36-2)26(17-13-24(37-3)28(39-5)25(14-17)38-4)27(30(34)40-6)32(29(21)33)19-9-7-18(31)8-10-19;/h7-10,13-16H,11-12,31H2,1-6H3;1H. The van der Waals surface area contributed by atoms with Gasteiger partial charge in [0.2, 0.25) is 5.75 Å². The zero-order chi connectivity index (χ0) is 29.7. The van der Waals surface area contributed by atoms with Gasteiger partial charge < -0.3 is 38.9 Å². The number of benzene rings is 3. The summed E-state index contributed by atoms with van der Waals surface area (Å²) in [6.45, 7) is 0.555. The van der Waals surface area contributed by atoms with Gasteiger partial charge in [0.25, 0.3) is 5.56 Å². The van der Waals surface area contributed by atoms with Crippen LogP contribution in [0.1, 0.15) is 10.5 Å². The van der Waals surface area contributed by atoms with E-state index in [1.807, 2.05) is 0 Å². The number of carbonyl (C=O) groups excluding carboxylic acids is 1. The first-order chi connectivity index (χ1) is 19.8. The first-order valence-electron chi connectivity index (χ1n) is 12.5. The smallest absolute Gasteiger partial charge is 0.355 e.